The summed E-state index contributed by atoms with van der Waals surface area (Å²) >= 11 is -0.611. The fourth-order valence-corrected chi connectivity index (χ4v) is 0. The highest BCUT2D eigenvalue weighted by atomic mass is 32.2. The third-order valence-corrected chi connectivity index (χ3v) is 0.211. The van der Waals surface area contributed by atoms with Crippen molar-refractivity contribution in [2.45, 2.75) is 0 Å². The van der Waals surface area contributed by atoms with E-state index in [0.717, 1.165) is 13.5 Å². The molecule has 1 N–H and O–H groups in total. The van der Waals surface area contributed by atoms with Crippen LogP contribution in [0.2, 0.25) is 0 Å². The molecule has 0 heterocycles. The molecule has 11 heavy (non-hydrogen) atoms. The summed E-state index contributed by atoms with van der Waals surface area (Å²) < 4.78 is 9.56. The molecule has 0 spiro atoms. The van der Waals surface area contributed by atoms with E-state index in [0.29, 0.717) is 0 Å². The number of rotatable bonds is 1. The van der Waals surface area contributed by atoms with Crippen LogP contribution in [-0.4, -0.2) is 54.7 Å². The number of hydrogen-bond acceptors (Lipinski definition) is 3. The first-order chi connectivity index (χ1) is 5.00. The van der Waals surface area contributed by atoms with Crippen molar-refractivity contribution < 1.29 is 14.5 Å². The normalized spacial score (nSPS) is 6.91. The first-order valence-electron chi connectivity index (χ1n) is 2.82. The molecule has 0 rings (SSSR count). The Hall–Kier alpha value is -0.260. The van der Waals surface area contributed by atoms with Crippen molar-refractivity contribution in [2.24, 2.45) is 0 Å². The second-order valence-electron chi connectivity index (χ2n) is 1.81. The highest BCUT2D eigenvalue weighted by molar-refractivity contribution is 7.89. The van der Waals surface area contributed by atoms with Crippen molar-refractivity contribution in [3.05, 3.63) is 0 Å². The highest BCUT2D eigenvalue weighted by Gasteiger charge is 1.68. The summed E-state index contributed by atoms with van der Waals surface area (Å²) in [5.74, 6) is 0. The van der Waals surface area contributed by atoms with Crippen molar-refractivity contribution in [3.63, 3.8) is 0 Å². The maximum Gasteiger partial charge on any atom is 0.209 e. The predicted octanol–water partition coefficient (Wildman–Crippen LogP) is -0.692. The van der Waals surface area contributed by atoms with Crippen LogP contribution in [0.4, 0.5) is 0 Å². The van der Waals surface area contributed by atoms with Crippen LogP contribution >= 0.6 is 0 Å². The Morgan fingerprint density at radius 1 is 1.36 bits per heavy atom. The number of aliphatic hydroxyl groups excluding tert-OH is 1. The second-order valence-corrected chi connectivity index (χ2v) is 3.29. The van der Waals surface area contributed by atoms with Crippen molar-refractivity contribution >= 4 is 17.6 Å². The predicted molar refractivity (Wildman–Crippen MR) is 47.9 cm³/mol. The zero-order chi connectivity index (χ0) is 9.86. The van der Waals surface area contributed by atoms with Gasteiger partial charge in [0.05, 0.1) is 12.5 Å². The lowest BCUT2D eigenvalue weighted by molar-refractivity contribution is -0.115. The molecule has 0 aromatic heterocycles. The monoisotopic (exact) mass is 183 g/mol. The maximum absolute atomic E-state index is 9.56. The molecule has 0 unspecified atom stereocenters. The molecule has 0 aliphatic heterocycles. The minimum atomic E-state index is -0.611. The number of carbonyl (C=O) groups is 1. The van der Waals surface area contributed by atoms with Gasteiger partial charge < -0.3 is 14.6 Å². The lowest BCUT2D eigenvalue weighted by Gasteiger charge is -1.93. The van der Waals surface area contributed by atoms with Crippen LogP contribution < -0.4 is 0 Å². The van der Waals surface area contributed by atoms with Crippen molar-refractivity contribution in [3.8, 4) is 0 Å². The minimum Gasteiger partial charge on any atom is -0.617 e. The quantitative estimate of drug-likeness (QED) is 0.432. The Morgan fingerprint density at radius 3 is 1.45 bits per heavy atom. The summed E-state index contributed by atoms with van der Waals surface area (Å²) in [4.78, 5) is 10.9. The highest BCUT2D eigenvalue weighted by Crippen LogP contribution is 1.61. The molecular weight excluding hydrogens is 166 g/mol. The SMILES string of the molecule is CN(C)C=O.CO.C[S+](C)[O-]. The summed E-state index contributed by atoms with van der Waals surface area (Å²) in [6.45, 7) is 0. The zero-order valence-corrected chi connectivity index (χ0v) is 8.51. The van der Waals surface area contributed by atoms with Gasteiger partial charge in [0.15, 0.2) is 0 Å². The van der Waals surface area contributed by atoms with Gasteiger partial charge in [-0.1, -0.05) is 11.2 Å². The van der Waals surface area contributed by atoms with E-state index in [1.54, 1.807) is 26.6 Å². The Morgan fingerprint density at radius 2 is 1.45 bits per heavy atom. The molecular formula is C6H17NO3S. The van der Waals surface area contributed by atoms with Crippen molar-refractivity contribution in [1.82, 2.24) is 4.90 Å². The van der Waals surface area contributed by atoms with E-state index in [9.17, 15) is 9.35 Å². The molecule has 0 atom stereocenters. The molecule has 0 bridgehead atoms. The van der Waals surface area contributed by atoms with Crippen molar-refractivity contribution in [1.29, 1.82) is 0 Å². The number of aliphatic hydroxyl groups is 1. The van der Waals surface area contributed by atoms with Crippen LogP contribution in [0.25, 0.3) is 0 Å². The van der Waals surface area contributed by atoms with E-state index in [1.807, 2.05) is 0 Å². The lowest BCUT2D eigenvalue weighted by Crippen LogP contribution is -2.06. The summed E-state index contributed by atoms with van der Waals surface area (Å²) in [5.41, 5.74) is 0. The van der Waals surface area contributed by atoms with Gasteiger partial charge in [0.2, 0.25) is 6.41 Å². The first-order valence-corrected chi connectivity index (χ1v) is 4.79. The molecule has 0 aliphatic carbocycles. The van der Waals surface area contributed by atoms with Gasteiger partial charge in [0.1, 0.15) is 0 Å². The zero-order valence-electron chi connectivity index (χ0n) is 7.70. The largest absolute Gasteiger partial charge is 0.617 e. The van der Waals surface area contributed by atoms with E-state index in [-0.39, 0.29) is 0 Å². The molecule has 1 amide bonds. The fourth-order valence-electron chi connectivity index (χ4n) is 0. The maximum atomic E-state index is 9.56. The summed E-state index contributed by atoms with van der Waals surface area (Å²) in [5, 5.41) is 7.00. The average molecular weight is 183 g/mol. The van der Waals surface area contributed by atoms with Gasteiger partial charge in [0.25, 0.3) is 0 Å². The van der Waals surface area contributed by atoms with Gasteiger partial charge in [-0.3, -0.25) is 4.79 Å². The molecule has 70 valence electrons. The molecule has 0 aliphatic rings. The molecule has 0 radical (unpaired) electrons. The molecule has 5 heteroatoms. The number of amides is 1. The Balaban J connectivity index is -0.0000000965. The third-order valence-electron chi connectivity index (χ3n) is 0.211. The van der Waals surface area contributed by atoms with Gasteiger partial charge in [-0.15, -0.1) is 0 Å². The number of carbonyl (C=O) groups excluding carboxylic acids is 1. The van der Waals surface area contributed by atoms with Gasteiger partial charge >= 0.3 is 0 Å². The molecule has 4 nitrogen and oxygen atoms in total. The van der Waals surface area contributed by atoms with Gasteiger partial charge in [-0.25, -0.2) is 0 Å². The molecule has 0 aromatic rings. The van der Waals surface area contributed by atoms with Gasteiger partial charge in [-0.2, -0.15) is 0 Å². The fraction of sp³-hybridized carbons (Fsp3) is 0.833. The van der Waals surface area contributed by atoms with Crippen LogP contribution in [0, 0.1) is 0 Å². The average Bonchev–Trinajstić information content (AvgIpc) is 1.91. The number of nitrogens with zero attached hydrogens (tertiary/aromatic N) is 1. The van der Waals surface area contributed by atoms with Crippen molar-refractivity contribution in [2.75, 3.05) is 33.7 Å². The van der Waals surface area contributed by atoms with E-state index >= 15 is 0 Å². The van der Waals surface area contributed by atoms with E-state index in [2.05, 4.69) is 0 Å². The van der Waals surface area contributed by atoms with Crippen LogP contribution in [0.5, 0.6) is 0 Å². The van der Waals surface area contributed by atoms with E-state index < -0.39 is 11.2 Å². The lowest BCUT2D eigenvalue weighted by atomic mass is 11.0. The van der Waals surface area contributed by atoms with Crippen LogP contribution in [0.3, 0.4) is 0 Å². The Kier molecular flexibility index (Phi) is 25.3. The van der Waals surface area contributed by atoms with Gasteiger partial charge in [0, 0.05) is 21.2 Å². The summed E-state index contributed by atoms with van der Waals surface area (Å²) in [6.07, 6.45) is 4.03. The first kappa shape index (κ1) is 17.0. The third kappa shape index (κ3) is 193. The molecule has 0 saturated carbocycles. The van der Waals surface area contributed by atoms with Crippen LogP contribution in [0.1, 0.15) is 0 Å². The molecule has 0 saturated heterocycles. The smallest absolute Gasteiger partial charge is 0.209 e. The van der Waals surface area contributed by atoms with Crippen LogP contribution in [-0.2, 0) is 16.0 Å². The summed E-state index contributed by atoms with van der Waals surface area (Å²) in [7, 11) is 4.38. The Bertz CT molecular complexity index is 66.1. The van der Waals surface area contributed by atoms with E-state index in [1.165, 1.54) is 4.90 Å². The molecule has 0 fully saturated rings. The van der Waals surface area contributed by atoms with Gasteiger partial charge in [-0.05, 0) is 0 Å². The standard InChI is InChI=1S/C3H7NO.C2H6OS.CH4O/c1-4(2)3-5;1-4(2)3;1-2/h3H,1-2H3;1-2H3;2H,1H3. The second kappa shape index (κ2) is 16.4. The van der Waals surface area contributed by atoms with Crippen LogP contribution in [0.15, 0.2) is 0 Å². The molecule has 0 aromatic carbocycles. The summed E-state index contributed by atoms with van der Waals surface area (Å²) in [6, 6.07) is 0. The topological polar surface area (TPSA) is 63.6 Å². The number of hydrogen-bond donors (Lipinski definition) is 1. The minimum absolute atomic E-state index is 0.611. The van der Waals surface area contributed by atoms with E-state index in [4.69, 9.17) is 5.11 Å². The Labute approximate surface area is 71.4 Å².